The van der Waals surface area contributed by atoms with Crippen LogP contribution in [0.5, 0.6) is 0 Å². The topological polar surface area (TPSA) is 60.4 Å². The summed E-state index contributed by atoms with van der Waals surface area (Å²) in [5.74, 6) is -0.480. The number of halogens is 1. The van der Waals surface area contributed by atoms with Crippen molar-refractivity contribution in [2.45, 2.75) is 43.6 Å². The molecule has 0 atom stereocenters. The molecule has 1 aromatic rings. The number of esters is 1. The minimum absolute atomic E-state index is 0.0526. The summed E-state index contributed by atoms with van der Waals surface area (Å²) < 4.78 is 27.9. The van der Waals surface area contributed by atoms with Crippen molar-refractivity contribution in [1.29, 1.82) is 0 Å². The molecule has 0 aliphatic heterocycles. The van der Waals surface area contributed by atoms with Crippen molar-refractivity contribution >= 4 is 25.7 Å². The molecule has 1 aliphatic rings. The van der Waals surface area contributed by atoms with Crippen LogP contribution in [0.15, 0.2) is 23.1 Å². The monoisotopic (exact) mass is 302 g/mol. The van der Waals surface area contributed by atoms with Crippen molar-refractivity contribution in [3.63, 3.8) is 0 Å². The van der Waals surface area contributed by atoms with Crippen molar-refractivity contribution in [2.24, 2.45) is 0 Å². The maximum absolute atomic E-state index is 12.0. The zero-order chi connectivity index (χ0) is 14.0. The van der Waals surface area contributed by atoms with Gasteiger partial charge in [0.15, 0.2) is 0 Å². The number of benzene rings is 1. The van der Waals surface area contributed by atoms with Crippen LogP contribution >= 0.6 is 10.7 Å². The maximum atomic E-state index is 12.0. The van der Waals surface area contributed by atoms with Crippen LogP contribution in [0.4, 0.5) is 0 Å². The predicted molar refractivity (Wildman–Crippen MR) is 71.9 cm³/mol. The Bertz CT molecular complexity index is 589. The summed E-state index contributed by atoms with van der Waals surface area (Å²) in [6.45, 7) is 1.73. The van der Waals surface area contributed by atoms with Gasteiger partial charge >= 0.3 is 5.97 Å². The molecule has 0 amide bonds. The van der Waals surface area contributed by atoms with E-state index < -0.39 is 15.0 Å². The lowest BCUT2D eigenvalue weighted by atomic mass is 10.1. The molecular formula is C13H15ClO4S. The van der Waals surface area contributed by atoms with E-state index in [9.17, 15) is 13.2 Å². The first-order chi connectivity index (χ1) is 8.88. The Kier molecular flexibility index (Phi) is 4.16. The van der Waals surface area contributed by atoms with Crippen LogP contribution in [-0.4, -0.2) is 20.5 Å². The summed E-state index contributed by atoms with van der Waals surface area (Å²) in [6.07, 6.45) is 3.82. The van der Waals surface area contributed by atoms with Crippen molar-refractivity contribution in [3.8, 4) is 0 Å². The Morgan fingerprint density at radius 1 is 1.32 bits per heavy atom. The molecule has 0 aromatic heterocycles. The van der Waals surface area contributed by atoms with E-state index in [0.717, 1.165) is 25.7 Å². The zero-order valence-corrected chi connectivity index (χ0v) is 12.1. The van der Waals surface area contributed by atoms with E-state index >= 15 is 0 Å². The second-order valence-electron chi connectivity index (χ2n) is 4.73. The van der Waals surface area contributed by atoms with Gasteiger partial charge in [-0.05, 0) is 50.3 Å². The molecule has 19 heavy (non-hydrogen) atoms. The Balaban J connectivity index is 2.25. The molecule has 0 bridgehead atoms. The molecule has 0 heterocycles. The lowest BCUT2D eigenvalue weighted by Crippen LogP contribution is -2.16. The standard InChI is InChI=1S/C13H15ClO4S/c1-9-6-7-11(19(14,16)17)8-12(9)13(15)18-10-4-2-3-5-10/h6-8,10H,2-5H2,1H3. The highest BCUT2D eigenvalue weighted by molar-refractivity contribution is 8.13. The fraction of sp³-hybridized carbons (Fsp3) is 0.462. The number of carbonyl (C=O) groups is 1. The summed E-state index contributed by atoms with van der Waals surface area (Å²) in [4.78, 5) is 12.0. The van der Waals surface area contributed by atoms with Crippen LogP contribution in [-0.2, 0) is 13.8 Å². The van der Waals surface area contributed by atoms with Crippen molar-refractivity contribution in [2.75, 3.05) is 0 Å². The number of ether oxygens (including phenoxy) is 1. The molecule has 4 nitrogen and oxygen atoms in total. The summed E-state index contributed by atoms with van der Waals surface area (Å²) in [6, 6.07) is 4.21. The van der Waals surface area contributed by atoms with Gasteiger partial charge in [0.25, 0.3) is 9.05 Å². The molecule has 104 valence electrons. The normalized spacial score (nSPS) is 16.5. The summed E-state index contributed by atoms with van der Waals surface area (Å²) in [7, 11) is 1.44. The third-order valence-electron chi connectivity index (χ3n) is 3.29. The molecule has 0 saturated heterocycles. The number of hydrogen-bond donors (Lipinski definition) is 0. The highest BCUT2D eigenvalue weighted by atomic mass is 35.7. The largest absolute Gasteiger partial charge is 0.459 e. The van der Waals surface area contributed by atoms with Crippen molar-refractivity contribution in [1.82, 2.24) is 0 Å². The van der Waals surface area contributed by atoms with E-state index in [1.54, 1.807) is 13.0 Å². The van der Waals surface area contributed by atoms with Gasteiger partial charge < -0.3 is 4.74 Å². The zero-order valence-electron chi connectivity index (χ0n) is 10.6. The molecular weight excluding hydrogens is 288 g/mol. The van der Waals surface area contributed by atoms with Crippen LogP contribution in [0.1, 0.15) is 41.6 Å². The number of aryl methyl sites for hydroxylation is 1. The second kappa shape index (κ2) is 5.51. The molecule has 2 rings (SSSR count). The van der Waals surface area contributed by atoms with E-state index in [-0.39, 0.29) is 16.6 Å². The molecule has 1 aliphatic carbocycles. The number of hydrogen-bond acceptors (Lipinski definition) is 4. The fourth-order valence-corrected chi connectivity index (χ4v) is 2.97. The fourth-order valence-electron chi connectivity index (χ4n) is 2.19. The van der Waals surface area contributed by atoms with Crippen LogP contribution in [0.2, 0.25) is 0 Å². The Hall–Kier alpha value is -1.07. The van der Waals surface area contributed by atoms with Crippen LogP contribution < -0.4 is 0 Å². The van der Waals surface area contributed by atoms with Crippen LogP contribution in [0, 0.1) is 6.92 Å². The van der Waals surface area contributed by atoms with Crippen LogP contribution in [0.25, 0.3) is 0 Å². The quantitative estimate of drug-likeness (QED) is 0.636. The van der Waals surface area contributed by atoms with Crippen LogP contribution in [0.3, 0.4) is 0 Å². The molecule has 0 N–H and O–H groups in total. The van der Waals surface area contributed by atoms with Crippen molar-refractivity contribution < 1.29 is 17.9 Å². The van der Waals surface area contributed by atoms with E-state index in [4.69, 9.17) is 15.4 Å². The second-order valence-corrected chi connectivity index (χ2v) is 7.29. The average Bonchev–Trinajstić information content (AvgIpc) is 2.80. The summed E-state index contributed by atoms with van der Waals surface area (Å²) >= 11 is 0. The van der Waals surface area contributed by atoms with Gasteiger partial charge in [-0.25, -0.2) is 13.2 Å². The first kappa shape index (κ1) is 14.3. The van der Waals surface area contributed by atoms with Crippen molar-refractivity contribution in [3.05, 3.63) is 29.3 Å². The molecule has 0 unspecified atom stereocenters. The van der Waals surface area contributed by atoms with E-state index in [0.29, 0.717) is 5.56 Å². The minimum atomic E-state index is -3.84. The van der Waals surface area contributed by atoms with E-state index in [2.05, 4.69) is 0 Å². The summed E-state index contributed by atoms with van der Waals surface area (Å²) in [5.41, 5.74) is 0.931. The third-order valence-corrected chi connectivity index (χ3v) is 4.64. The molecule has 1 fully saturated rings. The highest BCUT2D eigenvalue weighted by Gasteiger charge is 2.22. The van der Waals surface area contributed by atoms with Gasteiger partial charge in [-0.15, -0.1) is 0 Å². The van der Waals surface area contributed by atoms with Gasteiger partial charge in [0.2, 0.25) is 0 Å². The molecule has 6 heteroatoms. The van der Waals surface area contributed by atoms with Gasteiger partial charge in [0.05, 0.1) is 10.5 Å². The minimum Gasteiger partial charge on any atom is -0.459 e. The lowest BCUT2D eigenvalue weighted by Gasteiger charge is -2.13. The number of rotatable bonds is 3. The first-order valence-corrected chi connectivity index (χ1v) is 8.45. The van der Waals surface area contributed by atoms with E-state index in [1.165, 1.54) is 12.1 Å². The predicted octanol–water partition coefficient (Wildman–Crippen LogP) is 3.02. The lowest BCUT2D eigenvalue weighted by molar-refractivity contribution is 0.0316. The molecule has 1 aromatic carbocycles. The van der Waals surface area contributed by atoms with Gasteiger partial charge in [0, 0.05) is 10.7 Å². The Morgan fingerprint density at radius 3 is 2.53 bits per heavy atom. The molecule has 1 saturated carbocycles. The smallest absolute Gasteiger partial charge is 0.338 e. The SMILES string of the molecule is Cc1ccc(S(=O)(=O)Cl)cc1C(=O)OC1CCCC1. The van der Waals surface area contributed by atoms with Gasteiger partial charge in [-0.1, -0.05) is 6.07 Å². The number of carbonyl (C=O) groups excluding carboxylic acids is 1. The Morgan fingerprint density at radius 2 is 1.95 bits per heavy atom. The highest BCUT2D eigenvalue weighted by Crippen LogP contribution is 2.24. The molecule has 0 radical (unpaired) electrons. The van der Waals surface area contributed by atoms with Gasteiger partial charge in [0.1, 0.15) is 6.10 Å². The summed E-state index contributed by atoms with van der Waals surface area (Å²) in [5, 5.41) is 0. The Labute approximate surface area is 117 Å². The first-order valence-electron chi connectivity index (χ1n) is 6.14. The van der Waals surface area contributed by atoms with Gasteiger partial charge in [-0.2, -0.15) is 0 Å². The average molecular weight is 303 g/mol. The van der Waals surface area contributed by atoms with Gasteiger partial charge in [-0.3, -0.25) is 0 Å². The molecule has 0 spiro atoms. The van der Waals surface area contributed by atoms with E-state index in [1.807, 2.05) is 0 Å². The third kappa shape index (κ3) is 3.48. The maximum Gasteiger partial charge on any atom is 0.338 e.